The number of hydrogen-bond acceptors (Lipinski definition) is 6. The molecule has 1 aliphatic heterocycles. The van der Waals surface area contributed by atoms with E-state index in [0.29, 0.717) is 5.15 Å². The zero-order valence-electron chi connectivity index (χ0n) is 12.0. The van der Waals surface area contributed by atoms with Crippen LogP contribution >= 0.6 is 11.6 Å². The van der Waals surface area contributed by atoms with Crippen molar-refractivity contribution in [3.63, 3.8) is 0 Å². The first kappa shape index (κ1) is 15.3. The zero-order chi connectivity index (χ0) is 14.5. The van der Waals surface area contributed by atoms with Gasteiger partial charge in [0.05, 0.1) is 6.10 Å². The minimum absolute atomic E-state index is 0.233. The molecule has 1 atom stereocenters. The zero-order valence-corrected chi connectivity index (χ0v) is 12.8. The van der Waals surface area contributed by atoms with Crippen molar-refractivity contribution in [2.45, 2.75) is 19.4 Å². The molecular formula is C13H22ClN5O. The van der Waals surface area contributed by atoms with Crippen molar-refractivity contribution in [1.29, 1.82) is 0 Å². The largest absolute Gasteiger partial charge is 0.392 e. The van der Waals surface area contributed by atoms with Gasteiger partial charge >= 0.3 is 0 Å². The van der Waals surface area contributed by atoms with Crippen LogP contribution in [0.15, 0.2) is 6.33 Å². The molecule has 0 amide bonds. The third-order valence-corrected chi connectivity index (χ3v) is 3.93. The van der Waals surface area contributed by atoms with Gasteiger partial charge in [-0.15, -0.1) is 0 Å². The highest BCUT2D eigenvalue weighted by Gasteiger charge is 2.22. The van der Waals surface area contributed by atoms with Crippen LogP contribution in [0.1, 0.15) is 13.3 Å². The van der Waals surface area contributed by atoms with Gasteiger partial charge in [-0.3, -0.25) is 4.90 Å². The van der Waals surface area contributed by atoms with Crippen LogP contribution < -0.4 is 10.2 Å². The molecule has 1 aromatic rings. The lowest BCUT2D eigenvalue weighted by Crippen LogP contribution is -2.49. The average molecular weight is 300 g/mol. The smallest absolute Gasteiger partial charge is 0.157 e. The fourth-order valence-corrected chi connectivity index (χ4v) is 2.60. The summed E-state index contributed by atoms with van der Waals surface area (Å²) >= 11 is 6.08. The number of nitrogens with one attached hydrogen (secondary N) is 1. The lowest BCUT2D eigenvalue weighted by Gasteiger charge is -2.36. The third kappa shape index (κ3) is 3.50. The molecule has 1 aliphatic rings. The van der Waals surface area contributed by atoms with E-state index >= 15 is 0 Å². The summed E-state index contributed by atoms with van der Waals surface area (Å²) in [4.78, 5) is 12.8. The number of rotatable bonds is 5. The summed E-state index contributed by atoms with van der Waals surface area (Å²) in [7, 11) is 1.82. The van der Waals surface area contributed by atoms with Crippen LogP contribution in [0.25, 0.3) is 0 Å². The van der Waals surface area contributed by atoms with E-state index in [1.54, 1.807) is 0 Å². The number of aliphatic hydroxyl groups is 1. The summed E-state index contributed by atoms with van der Waals surface area (Å²) < 4.78 is 0. The summed E-state index contributed by atoms with van der Waals surface area (Å²) in [6, 6.07) is 0. The first-order valence-electron chi connectivity index (χ1n) is 6.99. The van der Waals surface area contributed by atoms with E-state index in [4.69, 9.17) is 11.6 Å². The van der Waals surface area contributed by atoms with Crippen LogP contribution in [0.2, 0.25) is 5.15 Å². The first-order chi connectivity index (χ1) is 9.65. The molecule has 0 saturated carbocycles. The second-order valence-electron chi connectivity index (χ2n) is 4.96. The maximum atomic E-state index is 9.71. The highest BCUT2D eigenvalue weighted by molar-refractivity contribution is 6.32. The molecule has 0 bridgehead atoms. The topological polar surface area (TPSA) is 64.5 Å². The number of piperazine rings is 1. The molecule has 0 spiro atoms. The Morgan fingerprint density at radius 2 is 2.05 bits per heavy atom. The quantitative estimate of drug-likeness (QED) is 0.793. The van der Waals surface area contributed by atoms with Crippen LogP contribution in [0, 0.1) is 0 Å². The summed E-state index contributed by atoms with van der Waals surface area (Å²) in [6.07, 6.45) is 2.06. The Kier molecular flexibility index (Phi) is 5.39. The van der Waals surface area contributed by atoms with Gasteiger partial charge in [0.1, 0.15) is 12.0 Å². The molecular weight excluding hydrogens is 278 g/mol. The highest BCUT2D eigenvalue weighted by atomic mass is 35.5. The number of aliphatic hydroxyl groups excluding tert-OH is 1. The average Bonchev–Trinajstić information content (AvgIpc) is 2.47. The molecule has 0 aromatic carbocycles. The standard InChI is InChI=1S/C13H22ClN5O/c1-3-10(20)8-18-4-6-19(7-5-18)13-11(15-2)12(14)16-9-17-13/h9-10,15,20H,3-8H2,1-2H3. The molecule has 7 heteroatoms. The van der Waals surface area contributed by atoms with Crippen molar-refractivity contribution in [2.75, 3.05) is 50.0 Å². The molecule has 1 fully saturated rings. The molecule has 1 unspecified atom stereocenters. The Bertz CT molecular complexity index is 437. The summed E-state index contributed by atoms with van der Waals surface area (Å²) in [6.45, 7) is 6.33. The molecule has 20 heavy (non-hydrogen) atoms. The number of β-amino-alcohol motifs (C(OH)–C–C–N with tert-alkyl or cyclic N) is 1. The van der Waals surface area contributed by atoms with Gasteiger partial charge in [0.25, 0.3) is 0 Å². The predicted molar refractivity (Wildman–Crippen MR) is 81.5 cm³/mol. The number of hydrogen-bond donors (Lipinski definition) is 2. The van der Waals surface area contributed by atoms with Gasteiger partial charge in [-0.1, -0.05) is 18.5 Å². The highest BCUT2D eigenvalue weighted by Crippen LogP contribution is 2.29. The second-order valence-corrected chi connectivity index (χ2v) is 5.32. The van der Waals surface area contributed by atoms with Crippen molar-refractivity contribution < 1.29 is 5.11 Å². The van der Waals surface area contributed by atoms with E-state index < -0.39 is 0 Å². The van der Waals surface area contributed by atoms with Crippen molar-refractivity contribution in [2.24, 2.45) is 0 Å². The van der Waals surface area contributed by atoms with Crippen molar-refractivity contribution in [3.05, 3.63) is 11.5 Å². The van der Waals surface area contributed by atoms with E-state index in [9.17, 15) is 5.11 Å². The Labute approximate surface area is 124 Å². The van der Waals surface area contributed by atoms with E-state index in [1.165, 1.54) is 6.33 Å². The molecule has 0 radical (unpaired) electrons. The van der Waals surface area contributed by atoms with Crippen molar-refractivity contribution in [3.8, 4) is 0 Å². The normalized spacial score (nSPS) is 18.1. The van der Waals surface area contributed by atoms with Gasteiger partial charge in [-0.2, -0.15) is 0 Å². The molecule has 1 saturated heterocycles. The van der Waals surface area contributed by atoms with Gasteiger partial charge in [0.15, 0.2) is 11.0 Å². The van der Waals surface area contributed by atoms with Crippen LogP contribution in [-0.4, -0.2) is 65.8 Å². The fraction of sp³-hybridized carbons (Fsp3) is 0.692. The van der Waals surface area contributed by atoms with Gasteiger partial charge in [-0.25, -0.2) is 9.97 Å². The minimum atomic E-state index is -0.233. The number of halogens is 1. The third-order valence-electron chi connectivity index (χ3n) is 3.64. The number of nitrogens with zero attached hydrogens (tertiary/aromatic N) is 4. The maximum Gasteiger partial charge on any atom is 0.157 e. The second kappa shape index (κ2) is 7.06. The monoisotopic (exact) mass is 299 g/mol. The lowest BCUT2D eigenvalue weighted by molar-refractivity contribution is 0.106. The number of anilines is 2. The lowest BCUT2D eigenvalue weighted by atomic mass is 10.2. The molecule has 0 aliphatic carbocycles. The summed E-state index contributed by atoms with van der Waals surface area (Å²) in [5.74, 6) is 0.850. The van der Waals surface area contributed by atoms with Gasteiger partial charge in [-0.05, 0) is 6.42 Å². The SMILES string of the molecule is CCC(O)CN1CCN(c2ncnc(Cl)c2NC)CC1. The van der Waals surface area contributed by atoms with Gasteiger partial charge < -0.3 is 15.3 Å². The predicted octanol–water partition coefficient (Wildman–Crippen LogP) is 1.06. The van der Waals surface area contributed by atoms with Crippen LogP contribution in [-0.2, 0) is 0 Å². The maximum absolute atomic E-state index is 9.71. The molecule has 2 N–H and O–H groups in total. The van der Waals surface area contributed by atoms with Crippen LogP contribution in [0.5, 0.6) is 0 Å². The Balaban J connectivity index is 1.99. The molecule has 2 heterocycles. The van der Waals surface area contributed by atoms with Crippen LogP contribution in [0.3, 0.4) is 0 Å². The molecule has 6 nitrogen and oxygen atoms in total. The van der Waals surface area contributed by atoms with E-state index in [0.717, 1.165) is 50.6 Å². The van der Waals surface area contributed by atoms with E-state index in [1.807, 2.05) is 14.0 Å². The Morgan fingerprint density at radius 1 is 1.35 bits per heavy atom. The molecule has 2 rings (SSSR count). The summed E-state index contributed by atoms with van der Waals surface area (Å²) in [5.41, 5.74) is 0.774. The van der Waals surface area contributed by atoms with E-state index in [-0.39, 0.29) is 6.10 Å². The molecule has 112 valence electrons. The fourth-order valence-electron chi connectivity index (χ4n) is 2.38. The van der Waals surface area contributed by atoms with Crippen molar-refractivity contribution >= 4 is 23.1 Å². The Hall–Kier alpha value is -1.11. The van der Waals surface area contributed by atoms with Gasteiger partial charge in [0.2, 0.25) is 0 Å². The Morgan fingerprint density at radius 3 is 2.65 bits per heavy atom. The van der Waals surface area contributed by atoms with Crippen LogP contribution in [0.4, 0.5) is 11.5 Å². The molecule has 1 aromatic heterocycles. The first-order valence-corrected chi connectivity index (χ1v) is 7.37. The number of aromatic nitrogens is 2. The summed E-state index contributed by atoms with van der Waals surface area (Å²) in [5, 5.41) is 13.2. The van der Waals surface area contributed by atoms with Gasteiger partial charge in [0, 0.05) is 39.8 Å². The van der Waals surface area contributed by atoms with Crippen molar-refractivity contribution in [1.82, 2.24) is 14.9 Å². The van der Waals surface area contributed by atoms with E-state index in [2.05, 4.69) is 25.1 Å². The minimum Gasteiger partial charge on any atom is -0.392 e.